The van der Waals surface area contributed by atoms with Crippen molar-refractivity contribution >= 4 is 29.9 Å². The molecule has 0 aromatic carbocycles. The van der Waals surface area contributed by atoms with Crippen molar-refractivity contribution in [1.29, 1.82) is 0 Å². The molecule has 0 amide bonds. The maximum Gasteiger partial charge on any atom is 0.191 e. The molecule has 1 saturated carbocycles. The van der Waals surface area contributed by atoms with E-state index in [1.54, 1.807) is 0 Å². The third kappa shape index (κ3) is 5.24. The minimum Gasteiger partial charge on any atom is -0.356 e. The first-order valence-corrected chi connectivity index (χ1v) is 6.22. The van der Waals surface area contributed by atoms with Gasteiger partial charge in [0, 0.05) is 32.9 Å². The molecule has 2 rings (SSSR count). The Morgan fingerprint density at radius 2 is 2.33 bits per heavy atom. The van der Waals surface area contributed by atoms with Crippen LogP contribution < -0.4 is 10.6 Å². The van der Waals surface area contributed by atoms with Gasteiger partial charge in [-0.1, -0.05) is 0 Å². The van der Waals surface area contributed by atoms with Crippen molar-refractivity contribution in [1.82, 2.24) is 20.4 Å². The van der Waals surface area contributed by atoms with Gasteiger partial charge in [0.25, 0.3) is 0 Å². The van der Waals surface area contributed by atoms with Gasteiger partial charge in [-0.2, -0.15) is 5.10 Å². The Balaban J connectivity index is 0.00000162. The van der Waals surface area contributed by atoms with Crippen LogP contribution in [0, 0.1) is 0 Å². The number of nitrogens with one attached hydrogen (secondary N) is 2. The Kier molecular flexibility index (Phi) is 6.45. The highest BCUT2D eigenvalue weighted by molar-refractivity contribution is 14.0. The van der Waals surface area contributed by atoms with Crippen molar-refractivity contribution < 1.29 is 0 Å². The van der Waals surface area contributed by atoms with Gasteiger partial charge in [0.15, 0.2) is 5.96 Å². The van der Waals surface area contributed by atoms with E-state index in [4.69, 9.17) is 0 Å². The van der Waals surface area contributed by atoms with Gasteiger partial charge in [-0.3, -0.25) is 9.67 Å². The molecule has 0 spiro atoms. The third-order valence-electron chi connectivity index (χ3n) is 2.83. The Labute approximate surface area is 125 Å². The van der Waals surface area contributed by atoms with Crippen LogP contribution in [0.25, 0.3) is 0 Å². The minimum absolute atomic E-state index is 0. The molecule has 0 unspecified atom stereocenters. The Hall–Kier alpha value is -0.790. The average molecular weight is 363 g/mol. The average Bonchev–Trinajstić information content (AvgIpc) is 3.05. The lowest BCUT2D eigenvalue weighted by atomic mass is 10.2. The zero-order chi connectivity index (χ0) is 12.1. The lowest BCUT2D eigenvalue weighted by molar-refractivity contribution is 0.738. The van der Waals surface area contributed by atoms with Gasteiger partial charge < -0.3 is 10.6 Å². The molecule has 1 aliphatic rings. The quantitative estimate of drug-likeness (QED) is 0.359. The van der Waals surface area contributed by atoms with Crippen LogP contribution in [0.5, 0.6) is 0 Å². The predicted molar refractivity (Wildman–Crippen MR) is 84.5 cm³/mol. The summed E-state index contributed by atoms with van der Waals surface area (Å²) in [5.41, 5.74) is 1.29. The molecule has 18 heavy (non-hydrogen) atoms. The van der Waals surface area contributed by atoms with E-state index in [-0.39, 0.29) is 24.0 Å². The summed E-state index contributed by atoms with van der Waals surface area (Å²) in [5.74, 6) is 0.929. The molecule has 5 nitrogen and oxygen atoms in total. The summed E-state index contributed by atoms with van der Waals surface area (Å²) in [7, 11) is 3.77. The molecule has 1 aliphatic carbocycles. The van der Waals surface area contributed by atoms with Crippen LogP contribution in [0.4, 0.5) is 0 Å². The molecule has 1 heterocycles. The van der Waals surface area contributed by atoms with E-state index in [0.717, 1.165) is 25.3 Å². The molecule has 2 N–H and O–H groups in total. The fourth-order valence-corrected chi connectivity index (χ4v) is 1.72. The summed E-state index contributed by atoms with van der Waals surface area (Å²) >= 11 is 0. The number of halogens is 1. The number of aryl methyl sites for hydroxylation is 2. The fourth-order valence-electron chi connectivity index (χ4n) is 1.72. The van der Waals surface area contributed by atoms with Crippen molar-refractivity contribution in [2.75, 3.05) is 13.6 Å². The number of hydrogen-bond donors (Lipinski definition) is 2. The summed E-state index contributed by atoms with van der Waals surface area (Å²) in [4.78, 5) is 4.19. The lowest BCUT2D eigenvalue weighted by Crippen LogP contribution is -2.39. The van der Waals surface area contributed by atoms with Gasteiger partial charge in [0.1, 0.15) is 0 Å². The molecular weight excluding hydrogens is 341 g/mol. The highest BCUT2D eigenvalue weighted by atomic mass is 127. The second-order valence-corrected chi connectivity index (χ2v) is 4.54. The van der Waals surface area contributed by atoms with E-state index >= 15 is 0 Å². The number of rotatable bonds is 5. The predicted octanol–water partition coefficient (Wildman–Crippen LogP) is 1.30. The number of guanidine groups is 1. The molecular formula is C12H22IN5. The van der Waals surface area contributed by atoms with Crippen LogP contribution in [0.15, 0.2) is 17.4 Å². The third-order valence-corrected chi connectivity index (χ3v) is 2.83. The fraction of sp³-hybridized carbons (Fsp3) is 0.667. The van der Waals surface area contributed by atoms with Gasteiger partial charge in [-0.15, -0.1) is 24.0 Å². The molecule has 6 heteroatoms. The first-order valence-electron chi connectivity index (χ1n) is 6.22. The summed E-state index contributed by atoms with van der Waals surface area (Å²) in [5, 5.41) is 10.8. The Morgan fingerprint density at radius 3 is 2.89 bits per heavy atom. The first kappa shape index (κ1) is 15.3. The smallest absolute Gasteiger partial charge is 0.191 e. The topological polar surface area (TPSA) is 54.2 Å². The monoisotopic (exact) mass is 363 g/mol. The minimum atomic E-state index is 0. The van der Waals surface area contributed by atoms with E-state index < -0.39 is 0 Å². The van der Waals surface area contributed by atoms with Gasteiger partial charge in [0.05, 0.1) is 6.20 Å². The summed E-state index contributed by atoms with van der Waals surface area (Å²) in [6.45, 7) is 0.946. The van der Waals surface area contributed by atoms with Crippen LogP contribution in [0.2, 0.25) is 0 Å². The Morgan fingerprint density at radius 1 is 1.56 bits per heavy atom. The zero-order valence-electron chi connectivity index (χ0n) is 11.0. The normalized spacial score (nSPS) is 15.1. The lowest BCUT2D eigenvalue weighted by Gasteiger charge is -2.10. The molecule has 1 aromatic rings. The molecule has 0 atom stereocenters. The second kappa shape index (κ2) is 7.60. The van der Waals surface area contributed by atoms with Crippen molar-refractivity contribution in [3.05, 3.63) is 18.0 Å². The number of aliphatic imine (C=N–C) groups is 1. The van der Waals surface area contributed by atoms with Crippen LogP contribution in [-0.4, -0.2) is 35.4 Å². The van der Waals surface area contributed by atoms with Gasteiger partial charge in [-0.05, 0) is 31.2 Å². The van der Waals surface area contributed by atoms with Crippen molar-refractivity contribution in [2.45, 2.75) is 31.7 Å². The zero-order valence-corrected chi connectivity index (χ0v) is 13.3. The van der Waals surface area contributed by atoms with Crippen LogP contribution >= 0.6 is 24.0 Å². The number of nitrogens with zero attached hydrogens (tertiary/aromatic N) is 3. The summed E-state index contributed by atoms with van der Waals surface area (Å²) in [6.07, 6.45) is 8.69. The first-order chi connectivity index (χ1) is 8.28. The molecule has 0 bridgehead atoms. The number of hydrogen-bond acceptors (Lipinski definition) is 2. The molecule has 102 valence electrons. The summed E-state index contributed by atoms with van der Waals surface area (Å²) < 4.78 is 1.84. The van der Waals surface area contributed by atoms with Crippen molar-refractivity contribution in [2.24, 2.45) is 12.0 Å². The Bertz CT molecular complexity index is 384. The van der Waals surface area contributed by atoms with Crippen molar-refractivity contribution in [3.63, 3.8) is 0 Å². The van der Waals surface area contributed by atoms with E-state index in [9.17, 15) is 0 Å². The highest BCUT2D eigenvalue weighted by Gasteiger charge is 2.21. The largest absolute Gasteiger partial charge is 0.356 e. The van der Waals surface area contributed by atoms with E-state index in [1.807, 2.05) is 25.0 Å². The van der Waals surface area contributed by atoms with Crippen LogP contribution in [-0.2, 0) is 13.5 Å². The van der Waals surface area contributed by atoms with E-state index in [2.05, 4.69) is 26.9 Å². The van der Waals surface area contributed by atoms with Gasteiger partial charge in [0.2, 0.25) is 0 Å². The summed E-state index contributed by atoms with van der Waals surface area (Å²) in [6, 6.07) is 0.652. The van der Waals surface area contributed by atoms with E-state index in [1.165, 1.54) is 18.4 Å². The molecule has 1 fully saturated rings. The number of aromatic nitrogens is 2. The molecule has 1 aromatic heterocycles. The van der Waals surface area contributed by atoms with Crippen LogP contribution in [0.1, 0.15) is 24.8 Å². The maximum absolute atomic E-state index is 4.19. The standard InChI is InChI=1S/C12H21N5.HI/c1-13-12(16-11-5-6-11)14-7-3-4-10-8-15-17(2)9-10;/h8-9,11H,3-7H2,1-2H3,(H2,13,14,16);1H. The van der Waals surface area contributed by atoms with Gasteiger partial charge >= 0.3 is 0 Å². The highest BCUT2D eigenvalue weighted by Crippen LogP contribution is 2.18. The van der Waals surface area contributed by atoms with Gasteiger partial charge in [-0.25, -0.2) is 0 Å². The molecule has 0 saturated heterocycles. The second-order valence-electron chi connectivity index (χ2n) is 4.54. The van der Waals surface area contributed by atoms with Crippen molar-refractivity contribution in [3.8, 4) is 0 Å². The maximum atomic E-state index is 4.19. The SMILES string of the molecule is CN=C(NCCCc1cnn(C)c1)NC1CC1.I. The van der Waals surface area contributed by atoms with Crippen LogP contribution in [0.3, 0.4) is 0 Å². The molecule has 0 aliphatic heterocycles. The van der Waals surface area contributed by atoms with E-state index in [0.29, 0.717) is 6.04 Å². The molecule has 0 radical (unpaired) electrons.